The number of piperidine rings is 1. The van der Waals surface area contributed by atoms with Gasteiger partial charge in [-0.1, -0.05) is 56.3 Å². The molecule has 21 heteroatoms. The number of amides is 7. The Morgan fingerprint density at radius 3 is 2.45 bits per heavy atom. The van der Waals surface area contributed by atoms with Gasteiger partial charge in [0.1, 0.15) is 24.7 Å². The number of imide groups is 1. The Morgan fingerprint density at radius 2 is 1.75 bits per heavy atom. The van der Waals surface area contributed by atoms with Gasteiger partial charge in [0.05, 0.1) is 4.88 Å². The number of halogens is 3. The number of carbonyl (C=O) groups is 7. The first-order valence-corrected chi connectivity index (χ1v) is 25.0. The topological polar surface area (TPSA) is 223 Å². The molecule has 0 radical (unpaired) electrons. The summed E-state index contributed by atoms with van der Waals surface area (Å²) in [6, 6.07) is 13.0. The number of hydrogen-bond donors (Lipinski definition) is 5. The lowest BCUT2D eigenvalue weighted by Gasteiger charge is -2.36. The molecule has 4 aromatic rings. The summed E-state index contributed by atoms with van der Waals surface area (Å²) in [5.74, 6) is 2.93. The monoisotopic (exact) mass is 1010 g/mol. The van der Waals surface area contributed by atoms with E-state index in [4.69, 9.17) is 11.6 Å². The van der Waals surface area contributed by atoms with Gasteiger partial charge in [0.2, 0.25) is 29.5 Å². The van der Waals surface area contributed by atoms with Crippen molar-refractivity contribution in [3.63, 3.8) is 0 Å². The molecular weight excluding hydrogens is 957 g/mol. The van der Waals surface area contributed by atoms with Crippen molar-refractivity contribution in [2.75, 3.05) is 24.5 Å². The maximum atomic E-state index is 14.5. The predicted octanol–water partition coefficient (Wildman–Crippen LogP) is 6.05. The molecular formula is C48H50ClF2N6O10PS. The van der Waals surface area contributed by atoms with Gasteiger partial charge < -0.3 is 35.1 Å². The second kappa shape index (κ2) is 20.5. The Kier molecular flexibility index (Phi) is 15.1. The molecule has 3 aliphatic rings. The smallest absolute Gasteiger partial charge is 0.355 e. The quantitative estimate of drug-likeness (QED) is 0.0426. The van der Waals surface area contributed by atoms with E-state index in [2.05, 4.69) is 27.8 Å². The van der Waals surface area contributed by atoms with Crippen LogP contribution in [0.5, 0.6) is 0 Å². The largest absolute Gasteiger partial charge is 0.399 e. The van der Waals surface area contributed by atoms with Crippen molar-refractivity contribution in [1.82, 2.24) is 25.8 Å². The fourth-order valence-electron chi connectivity index (χ4n) is 8.54. The van der Waals surface area contributed by atoms with Crippen LogP contribution in [-0.4, -0.2) is 98.7 Å². The van der Waals surface area contributed by atoms with E-state index in [1.807, 2.05) is 6.07 Å². The van der Waals surface area contributed by atoms with E-state index in [-0.39, 0.29) is 67.5 Å². The van der Waals surface area contributed by atoms with Crippen LogP contribution in [0.3, 0.4) is 0 Å². The van der Waals surface area contributed by atoms with Crippen molar-refractivity contribution < 1.29 is 56.7 Å². The highest BCUT2D eigenvalue weighted by Crippen LogP contribution is 2.59. The summed E-state index contributed by atoms with van der Waals surface area (Å²) >= 11 is 7.12. The third-order valence-corrected chi connectivity index (χ3v) is 14.6. The number of carbonyl (C=O) groups excluding carboxylic acids is 7. The van der Waals surface area contributed by atoms with Gasteiger partial charge in [-0.25, -0.2) is 0 Å². The summed E-state index contributed by atoms with van der Waals surface area (Å²) in [6.45, 7) is 5.50. The average Bonchev–Trinajstić information content (AvgIpc) is 4.04. The number of nitrogens with one attached hydrogen (secondary N) is 3. The molecule has 69 heavy (non-hydrogen) atoms. The first-order chi connectivity index (χ1) is 32.5. The number of thiophene rings is 1. The molecule has 0 saturated carbocycles. The minimum absolute atomic E-state index is 0.0565. The van der Waals surface area contributed by atoms with Crippen molar-refractivity contribution in [2.24, 2.45) is 5.41 Å². The van der Waals surface area contributed by atoms with E-state index in [1.165, 1.54) is 26.8 Å². The lowest BCUT2D eigenvalue weighted by atomic mass is 9.85. The summed E-state index contributed by atoms with van der Waals surface area (Å²) < 4.78 is 40.8. The van der Waals surface area contributed by atoms with Crippen molar-refractivity contribution in [3.8, 4) is 11.8 Å². The first kappa shape index (κ1) is 50.8. The molecule has 3 aliphatic heterocycles. The van der Waals surface area contributed by atoms with Crippen LogP contribution in [0.2, 0.25) is 5.02 Å². The SMILES string of the molecule is CC(C)(C)[C@H](NC(=O)c1cc2cc(C(F)(F)P(=O)(O)O)ccc2s1)C(=O)N1CCC[C@H]1C(=O)N(CC(=O)NCCCCC#Cc1cccc2c1CN(C1CCC(=O)NC1=O)C2=O)c1ccc(Cl)cc1. The van der Waals surface area contributed by atoms with Crippen molar-refractivity contribution in [2.45, 2.75) is 96.1 Å². The van der Waals surface area contributed by atoms with Crippen LogP contribution in [0.1, 0.15) is 102 Å². The number of unbranched alkanes of at least 4 members (excludes halogenated alkanes) is 2. The highest BCUT2D eigenvalue weighted by Gasteiger charge is 2.50. The number of benzene rings is 3. The second-order valence-electron chi connectivity index (χ2n) is 18.2. The van der Waals surface area contributed by atoms with Crippen LogP contribution in [0.15, 0.2) is 66.7 Å². The number of likely N-dealkylation sites (tertiary alicyclic amines) is 1. The van der Waals surface area contributed by atoms with E-state index < -0.39 is 71.9 Å². The van der Waals surface area contributed by atoms with Gasteiger partial charge in [-0.15, -0.1) is 11.3 Å². The third kappa shape index (κ3) is 11.2. The maximum absolute atomic E-state index is 14.5. The zero-order valence-electron chi connectivity index (χ0n) is 37.9. The molecule has 7 rings (SSSR count). The molecule has 5 N–H and O–H groups in total. The van der Waals surface area contributed by atoms with E-state index >= 15 is 0 Å². The lowest BCUT2D eigenvalue weighted by molar-refractivity contribution is -0.141. The van der Waals surface area contributed by atoms with Crippen LogP contribution in [0, 0.1) is 17.3 Å². The summed E-state index contributed by atoms with van der Waals surface area (Å²) in [6.07, 6.45) is 2.81. The number of alkyl halides is 2. The summed E-state index contributed by atoms with van der Waals surface area (Å²) in [7, 11) is -5.84. The first-order valence-electron chi connectivity index (χ1n) is 22.2. The minimum atomic E-state index is -5.84. The standard InChI is InChI=1S/C48H50ClF2N6O10PS/c1-47(2,3)41(54-43(61)38-25-29-24-30(14-20-37(29)69-38)48(50,51)68(65,66)67)46(64)55-23-9-13-36(55)45(63)56(32-17-15-31(49)16-18-32)27-40(59)52-22-7-5-4-6-10-28-11-8-12-33-34(28)26-57(44(33)62)35-19-21-39(58)53-42(35)60/h8,11-12,14-18,20,24-25,35-36,41H,4-5,7,9,13,19,21-23,26-27H2,1-3H3,(H,52,59)(H,54,61)(H,53,58,60)(H2,65,66,67)/t35?,36-,41+/m0/s1. The fourth-order valence-corrected chi connectivity index (χ4v) is 10.1. The third-order valence-electron chi connectivity index (χ3n) is 12.2. The highest BCUT2D eigenvalue weighted by atomic mass is 35.5. The minimum Gasteiger partial charge on any atom is -0.355 e. The van der Waals surface area contributed by atoms with Crippen molar-refractivity contribution >= 4 is 87.7 Å². The average molecular weight is 1010 g/mol. The molecule has 1 aromatic heterocycles. The summed E-state index contributed by atoms with van der Waals surface area (Å²) in [4.78, 5) is 116. The van der Waals surface area contributed by atoms with Gasteiger partial charge in [0.25, 0.3) is 11.8 Å². The lowest BCUT2D eigenvalue weighted by Crippen LogP contribution is -2.58. The summed E-state index contributed by atoms with van der Waals surface area (Å²) in [5, 5.41) is 8.49. The fraction of sp³-hybridized carbons (Fsp3) is 0.396. The van der Waals surface area contributed by atoms with Crippen LogP contribution in [0.25, 0.3) is 10.1 Å². The summed E-state index contributed by atoms with van der Waals surface area (Å²) in [5.41, 5.74) is -4.02. The zero-order chi connectivity index (χ0) is 50.0. The molecule has 2 saturated heterocycles. The molecule has 4 heterocycles. The Hall–Kier alpha value is -6.03. The van der Waals surface area contributed by atoms with E-state index in [9.17, 15) is 56.7 Å². The van der Waals surface area contributed by atoms with Crippen LogP contribution in [-0.2, 0) is 40.7 Å². The number of rotatable bonds is 14. The Balaban J connectivity index is 0.966. The molecule has 3 atom stereocenters. The van der Waals surface area contributed by atoms with E-state index in [1.54, 1.807) is 57.2 Å². The van der Waals surface area contributed by atoms with Gasteiger partial charge in [0.15, 0.2) is 0 Å². The van der Waals surface area contributed by atoms with Crippen LogP contribution in [0.4, 0.5) is 14.5 Å². The number of nitrogens with zero attached hydrogens (tertiary/aromatic N) is 3. The Labute approximate surface area is 405 Å². The normalized spacial score (nSPS) is 17.8. The molecule has 7 amide bonds. The Bertz CT molecular complexity index is 2840. The molecule has 1 unspecified atom stereocenters. The van der Waals surface area contributed by atoms with Gasteiger partial charge in [-0.05, 0) is 103 Å². The van der Waals surface area contributed by atoms with Gasteiger partial charge >= 0.3 is 13.3 Å². The molecule has 16 nitrogen and oxygen atoms in total. The molecule has 0 bridgehead atoms. The molecule has 2 fully saturated rings. The van der Waals surface area contributed by atoms with Crippen molar-refractivity contribution in [1.29, 1.82) is 0 Å². The molecule has 364 valence electrons. The maximum Gasteiger partial charge on any atom is 0.399 e. The van der Waals surface area contributed by atoms with E-state index in [0.717, 1.165) is 29.0 Å². The van der Waals surface area contributed by atoms with Crippen molar-refractivity contribution in [3.05, 3.63) is 98.9 Å². The molecule has 0 spiro atoms. The van der Waals surface area contributed by atoms with Crippen LogP contribution >= 0.6 is 30.5 Å². The van der Waals surface area contributed by atoms with Gasteiger partial charge in [-0.3, -0.25) is 43.4 Å². The second-order valence-corrected chi connectivity index (χ2v) is 21.3. The van der Waals surface area contributed by atoms with Gasteiger partial charge in [0, 0.05) is 64.6 Å². The predicted molar refractivity (Wildman–Crippen MR) is 253 cm³/mol. The molecule has 3 aromatic carbocycles. The number of hydrogen-bond acceptors (Lipinski definition) is 9. The zero-order valence-corrected chi connectivity index (χ0v) is 40.3. The van der Waals surface area contributed by atoms with E-state index in [0.29, 0.717) is 52.2 Å². The highest BCUT2D eigenvalue weighted by molar-refractivity contribution is 7.52. The Morgan fingerprint density at radius 1 is 1.01 bits per heavy atom. The van der Waals surface area contributed by atoms with Crippen LogP contribution < -0.4 is 20.9 Å². The number of fused-ring (bicyclic) bond motifs is 2. The van der Waals surface area contributed by atoms with Gasteiger partial charge in [-0.2, -0.15) is 8.78 Å². The molecule has 0 aliphatic carbocycles. The number of anilines is 1.